The molecule has 0 spiro atoms. The summed E-state index contributed by atoms with van der Waals surface area (Å²) in [7, 11) is 3.07. The van der Waals surface area contributed by atoms with Gasteiger partial charge in [-0.1, -0.05) is 82.3 Å². The zero-order chi connectivity index (χ0) is 31.7. The van der Waals surface area contributed by atoms with Crippen molar-refractivity contribution in [1.82, 2.24) is 10.6 Å². The van der Waals surface area contributed by atoms with E-state index < -0.39 is 29.6 Å². The smallest absolute Gasteiger partial charge is 0.407 e. The van der Waals surface area contributed by atoms with E-state index in [2.05, 4.69) is 10.6 Å². The molecular weight excluding hydrogens is 609 g/mol. The van der Waals surface area contributed by atoms with Crippen LogP contribution in [0.3, 0.4) is 0 Å². The van der Waals surface area contributed by atoms with Crippen LogP contribution in [0.4, 0.5) is 4.79 Å². The average molecular weight is 651 g/mol. The van der Waals surface area contributed by atoms with Crippen LogP contribution >= 0.6 is 33.3 Å². The van der Waals surface area contributed by atoms with Gasteiger partial charge in [-0.05, 0) is 56.7 Å². The number of esters is 1. The van der Waals surface area contributed by atoms with Crippen molar-refractivity contribution in [3.05, 3.63) is 71.8 Å². The summed E-state index contributed by atoms with van der Waals surface area (Å²) in [5, 5.41) is 15.0. The molecule has 12 heteroatoms. The molecule has 0 saturated carbocycles. The van der Waals surface area contributed by atoms with Crippen LogP contribution in [0.5, 0.6) is 0 Å². The van der Waals surface area contributed by atoms with Gasteiger partial charge in [-0.25, -0.2) is 4.79 Å². The number of rotatable bonds is 19. The Balaban J connectivity index is 1.89. The van der Waals surface area contributed by atoms with Gasteiger partial charge in [0, 0.05) is 17.5 Å². The standard InChI is InChI=1S/C31H42N2O7S3/c1-22(31(2,3)29(36)37)40-30(38)33-26(15-16-41-4)21-43-42-20-25(17-23-11-7-5-8-12-23)28(35)32-18-27(34)39-19-24-13-9-6-10-14-24/h5-14,22,25-26H,15-21H2,1-4H3,(H,32,35)(H,33,38)(H,36,37). The number of hydrogen-bond donors (Lipinski definition) is 3. The predicted octanol–water partition coefficient (Wildman–Crippen LogP) is 5.43. The fourth-order valence-electron chi connectivity index (χ4n) is 3.62. The topological polar surface area (TPSA) is 131 Å². The summed E-state index contributed by atoms with van der Waals surface area (Å²) < 4.78 is 10.7. The summed E-state index contributed by atoms with van der Waals surface area (Å²) in [6.07, 6.45) is 1.73. The second-order valence-corrected chi connectivity index (χ2v) is 14.1. The predicted molar refractivity (Wildman–Crippen MR) is 175 cm³/mol. The Morgan fingerprint density at radius 1 is 0.930 bits per heavy atom. The summed E-state index contributed by atoms with van der Waals surface area (Å²) in [6.45, 7) is 4.52. The lowest BCUT2D eigenvalue weighted by atomic mass is 9.88. The molecular formula is C31H42N2O7S3. The Bertz CT molecular complexity index is 1150. The first-order valence-electron chi connectivity index (χ1n) is 14.0. The molecule has 236 valence electrons. The number of alkyl carbamates (subject to hydrolysis) is 1. The molecule has 2 aromatic carbocycles. The molecule has 0 radical (unpaired) electrons. The summed E-state index contributed by atoms with van der Waals surface area (Å²) in [4.78, 5) is 49.4. The van der Waals surface area contributed by atoms with E-state index in [1.807, 2.05) is 66.9 Å². The Kier molecular flexibility index (Phi) is 16.4. The molecule has 3 atom stereocenters. The van der Waals surface area contributed by atoms with Gasteiger partial charge in [0.15, 0.2) is 0 Å². The average Bonchev–Trinajstić information content (AvgIpc) is 2.99. The van der Waals surface area contributed by atoms with Crippen molar-refractivity contribution < 1.29 is 33.8 Å². The van der Waals surface area contributed by atoms with E-state index in [-0.39, 0.29) is 31.0 Å². The van der Waals surface area contributed by atoms with Gasteiger partial charge < -0.3 is 25.2 Å². The van der Waals surface area contributed by atoms with Gasteiger partial charge in [-0.3, -0.25) is 14.4 Å². The van der Waals surface area contributed by atoms with Gasteiger partial charge >= 0.3 is 18.0 Å². The molecule has 2 amide bonds. The highest BCUT2D eigenvalue weighted by Gasteiger charge is 2.37. The van der Waals surface area contributed by atoms with Gasteiger partial charge in [0.2, 0.25) is 5.91 Å². The number of ether oxygens (including phenoxy) is 2. The summed E-state index contributed by atoms with van der Waals surface area (Å²) in [5.41, 5.74) is 0.666. The van der Waals surface area contributed by atoms with Gasteiger partial charge in [0.05, 0.1) is 11.3 Å². The van der Waals surface area contributed by atoms with Gasteiger partial charge in [-0.15, -0.1) is 0 Å². The van der Waals surface area contributed by atoms with E-state index in [4.69, 9.17) is 9.47 Å². The molecule has 9 nitrogen and oxygen atoms in total. The molecule has 2 aromatic rings. The number of carbonyl (C=O) groups excluding carboxylic acids is 3. The first kappa shape index (κ1) is 36.4. The third kappa shape index (κ3) is 14.0. The maximum atomic E-state index is 13.1. The molecule has 0 aromatic heterocycles. The number of benzene rings is 2. The first-order chi connectivity index (χ1) is 20.5. The fraction of sp³-hybridized carbons (Fsp3) is 0.484. The van der Waals surface area contributed by atoms with Crippen LogP contribution in [0.25, 0.3) is 0 Å². The van der Waals surface area contributed by atoms with Crippen molar-refractivity contribution in [2.24, 2.45) is 11.3 Å². The molecule has 0 aliphatic rings. The van der Waals surface area contributed by atoms with Crippen LogP contribution in [-0.4, -0.2) is 71.3 Å². The minimum absolute atomic E-state index is 0.144. The van der Waals surface area contributed by atoms with Crippen molar-refractivity contribution in [2.45, 2.75) is 52.4 Å². The van der Waals surface area contributed by atoms with Crippen molar-refractivity contribution >= 4 is 57.3 Å². The SMILES string of the molecule is CSCCC(CSSCC(Cc1ccccc1)C(=O)NCC(=O)OCc1ccccc1)NC(=O)OC(C)C(C)(C)C(=O)O. The number of aliphatic carboxylic acids is 1. The molecule has 0 saturated heterocycles. The molecule has 0 aliphatic heterocycles. The second kappa shape index (κ2) is 19.4. The van der Waals surface area contributed by atoms with Crippen molar-refractivity contribution in [2.75, 3.05) is 30.1 Å². The van der Waals surface area contributed by atoms with Crippen molar-refractivity contribution in [1.29, 1.82) is 0 Å². The van der Waals surface area contributed by atoms with Crippen LogP contribution in [0.2, 0.25) is 0 Å². The van der Waals surface area contributed by atoms with Crippen molar-refractivity contribution in [3.63, 3.8) is 0 Å². The first-order valence-corrected chi connectivity index (χ1v) is 17.9. The van der Waals surface area contributed by atoms with E-state index in [0.717, 1.165) is 16.9 Å². The molecule has 0 fully saturated rings. The van der Waals surface area contributed by atoms with Crippen LogP contribution in [-0.2, 0) is 36.9 Å². The van der Waals surface area contributed by atoms with Crippen LogP contribution in [0, 0.1) is 11.3 Å². The highest BCUT2D eigenvalue weighted by atomic mass is 33.1. The van der Waals surface area contributed by atoms with E-state index in [1.54, 1.807) is 29.5 Å². The second-order valence-electron chi connectivity index (χ2n) is 10.5. The molecule has 2 rings (SSSR count). The zero-order valence-electron chi connectivity index (χ0n) is 25.1. The number of carboxylic acids is 1. The lowest BCUT2D eigenvalue weighted by Gasteiger charge is -2.28. The minimum atomic E-state index is -1.22. The Morgan fingerprint density at radius 2 is 1.53 bits per heavy atom. The number of thioether (sulfide) groups is 1. The number of carboxylic acid groups (broad SMARTS) is 1. The van der Waals surface area contributed by atoms with Gasteiger partial charge in [0.25, 0.3) is 0 Å². The third-order valence-corrected chi connectivity index (χ3v) is 10.0. The van der Waals surface area contributed by atoms with Crippen LogP contribution < -0.4 is 10.6 Å². The number of amides is 2. The quantitative estimate of drug-likeness (QED) is 0.103. The molecule has 3 unspecified atom stereocenters. The Hall–Kier alpha value is -2.83. The maximum absolute atomic E-state index is 13.1. The fourth-order valence-corrected chi connectivity index (χ4v) is 6.74. The minimum Gasteiger partial charge on any atom is -0.481 e. The molecule has 0 bridgehead atoms. The highest BCUT2D eigenvalue weighted by Crippen LogP contribution is 2.28. The number of nitrogens with one attached hydrogen (secondary N) is 2. The van der Waals surface area contributed by atoms with E-state index >= 15 is 0 Å². The molecule has 0 heterocycles. The summed E-state index contributed by atoms with van der Waals surface area (Å²) >= 11 is 1.66. The summed E-state index contributed by atoms with van der Waals surface area (Å²) in [6, 6.07) is 18.8. The summed E-state index contributed by atoms with van der Waals surface area (Å²) in [5.74, 6) is -0.277. The largest absolute Gasteiger partial charge is 0.481 e. The highest BCUT2D eigenvalue weighted by molar-refractivity contribution is 8.76. The zero-order valence-corrected chi connectivity index (χ0v) is 27.5. The molecule has 0 aliphatic carbocycles. The monoisotopic (exact) mass is 650 g/mol. The Morgan fingerprint density at radius 3 is 2.14 bits per heavy atom. The number of hydrogen-bond acceptors (Lipinski definition) is 9. The van der Waals surface area contributed by atoms with Crippen molar-refractivity contribution in [3.8, 4) is 0 Å². The van der Waals surface area contributed by atoms with Gasteiger partial charge in [0.1, 0.15) is 19.3 Å². The molecule has 43 heavy (non-hydrogen) atoms. The van der Waals surface area contributed by atoms with Crippen LogP contribution in [0.1, 0.15) is 38.3 Å². The van der Waals surface area contributed by atoms with Gasteiger partial charge in [-0.2, -0.15) is 11.8 Å². The van der Waals surface area contributed by atoms with Crippen LogP contribution in [0.15, 0.2) is 60.7 Å². The van der Waals surface area contributed by atoms with E-state index in [1.165, 1.54) is 24.6 Å². The maximum Gasteiger partial charge on any atom is 0.407 e. The normalized spacial score (nSPS) is 13.3. The Labute approximate surface area is 266 Å². The van der Waals surface area contributed by atoms with E-state index in [9.17, 15) is 24.3 Å². The van der Waals surface area contributed by atoms with E-state index in [0.29, 0.717) is 24.3 Å². The molecule has 3 N–H and O–H groups in total. The lowest BCUT2D eigenvalue weighted by molar-refractivity contribution is -0.152. The third-order valence-electron chi connectivity index (χ3n) is 6.81. The number of carbonyl (C=O) groups is 4. The lowest BCUT2D eigenvalue weighted by Crippen LogP contribution is -2.43.